The monoisotopic (exact) mass is 335 g/mol. The molecule has 0 atom stereocenters. The summed E-state index contributed by atoms with van der Waals surface area (Å²) < 4.78 is 14.0. The van der Waals surface area contributed by atoms with E-state index in [1.807, 2.05) is 18.2 Å². The second kappa shape index (κ2) is 6.12. The van der Waals surface area contributed by atoms with E-state index in [0.29, 0.717) is 22.5 Å². The van der Waals surface area contributed by atoms with Gasteiger partial charge in [0.1, 0.15) is 22.7 Å². The van der Waals surface area contributed by atoms with Crippen molar-refractivity contribution in [2.45, 2.75) is 26.2 Å². The number of benzene rings is 1. The first-order valence-corrected chi connectivity index (χ1v) is 8.36. The topological polar surface area (TPSA) is 80.5 Å². The van der Waals surface area contributed by atoms with Gasteiger partial charge in [0, 0.05) is 23.6 Å². The Kier molecular flexibility index (Phi) is 3.80. The molecule has 3 aromatic heterocycles. The lowest BCUT2D eigenvalue weighted by Gasteiger charge is -2.06. The molecule has 0 saturated carbocycles. The zero-order chi connectivity index (χ0) is 17.4. The van der Waals surface area contributed by atoms with Crippen LogP contribution in [-0.4, -0.2) is 19.9 Å². The van der Waals surface area contributed by atoms with Gasteiger partial charge in [-0.3, -0.25) is 0 Å². The standard InChI is InChI=1S/C19H18FN5/c1-2-3-6-15-24-16-13-8-7-11(12-5-4-9-22-18(12)20)10-14(13)23-19(21)17(16)25-15/h4-5,7-10H,2-3,6H2,1H3,(H2,21,23)(H,24,25). The predicted octanol–water partition coefficient (Wildman–Crippen LogP) is 4.24. The molecule has 4 aromatic rings. The number of anilines is 1. The molecule has 0 aliphatic heterocycles. The fourth-order valence-electron chi connectivity index (χ4n) is 3.04. The maximum absolute atomic E-state index is 14.0. The van der Waals surface area contributed by atoms with Crippen molar-refractivity contribution < 1.29 is 4.39 Å². The van der Waals surface area contributed by atoms with Gasteiger partial charge in [-0.25, -0.2) is 15.0 Å². The van der Waals surface area contributed by atoms with Crippen LogP contribution in [0.15, 0.2) is 36.5 Å². The smallest absolute Gasteiger partial charge is 0.220 e. The number of aromatic nitrogens is 4. The first-order valence-electron chi connectivity index (χ1n) is 8.36. The largest absolute Gasteiger partial charge is 0.382 e. The predicted molar refractivity (Wildman–Crippen MR) is 97.6 cm³/mol. The minimum absolute atomic E-state index is 0.404. The Labute approximate surface area is 144 Å². The molecule has 6 heteroatoms. The lowest BCUT2D eigenvalue weighted by Crippen LogP contribution is -1.94. The van der Waals surface area contributed by atoms with Crippen LogP contribution < -0.4 is 5.73 Å². The number of nitrogen functional groups attached to an aromatic ring is 1. The van der Waals surface area contributed by atoms with E-state index in [1.165, 1.54) is 6.20 Å². The second-order valence-corrected chi connectivity index (χ2v) is 6.08. The van der Waals surface area contributed by atoms with Crippen molar-refractivity contribution in [2.75, 3.05) is 5.73 Å². The number of imidazole rings is 1. The van der Waals surface area contributed by atoms with Gasteiger partial charge in [0.05, 0.1) is 5.52 Å². The van der Waals surface area contributed by atoms with Crippen molar-refractivity contribution in [3.05, 3.63) is 48.3 Å². The number of aromatic amines is 1. The molecule has 0 unspecified atom stereocenters. The molecule has 5 nitrogen and oxygen atoms in total. The molecular formula is C19H18FN5. The van der Waals surface area contributed by atoms with E-state index in [9.17, 15) is 4.39 Å². The SMILES string of the molecule is CCCCc1nc2c([nH]1)c(N)nc1cc(-c3cccnc3F)ccc12. The molecule has 0 spiro atoms. The molecule has 25 heavy (non-hydrogen) atoms. The summed E-state index contributed by atoms with van der Waals surface area (Å²) in [6.45, 7) is 2.15. The number of nitrogens with zero attached hydrogens (tertiary/aromatic N) is 3. The van der Waals surface area contributed by atoms with Crippen LogP contribution in [0.5, 0.6) is 0 Å². The molecule has 0 radical (unpaired) electrons. The Morgan fingerprint density at radius 2 is 2.08 bits per heavy atom. The van der Waals surface area contributed by atoms with Crippen molar-refractivity contribution in [2.24, 2.45) is 0 Å². The molecule has 3 heterocycles. The number of nitrogens with two attached hydrogens (primary N) is 1. The zero-order valence-electron chi connectivity index (χ0n) is 13.9. The normalized spacial score (nSPS) is 11.4. The Hall–Kier alpha value is -3.02. The molecule has 126 valence electrons. The summed E-state index contributed by atoms with van der Waals surface area (Å²) in [6.07, 6.45) is 4.48. The van der Waals surface area contributed by atoms with Crippen molar-refractivity contribution in [3.63, 3.8) is 0 Å². The van der Waals surface area contributed by atoms with Gasteiger partial charge in [0.25, 0.3) is 0 Å². The number of nitrogens with one attached hydrogen (secondary N) is 1. The van der Waals surface area contributed by atoms with E-state index in [-0.39, 0.29) is 0 Å². The Morgan fingerprint density at radius 1 is 1.20 bits per heavy atom. The molecule has 0 saturated heterocycles. The van der Waals surface area contributed by atoms with E-state index < -0.39 is 5.95 Å². The van der Waals surface area contributed by atoms with Crippen LogP contribution in [0.3, 0.4) is 0 Å². The zero-order valence-corrected chi connectivity index (χ0v) is 13.9. The fourth-order valence-corrected chi connectivity index (χ4v) is 3.04. The summed E-state index contributed by atoms with van der Waals surface area (Å²) in [5.74, 6) is 0.819. The van der Waals surface area contributed by atoms with Gasteiger partial charge < -0.3 is 10.7 Å². The highest BCUT2D eigenvalue weighted by Gasteiger charge is 2.13. The molecule has 3 N–H and O–H groups in total. The quantitative estimate of drug-likeness (QED) is 0.547. The van der Waals surface area contributed by atoms with E-state index >= 15 is 0 Å². The molecule has 0 aliphatic rings. The molecule has 4 rings (SSSR count). The number of unbranched alkanes of at least 4 members (excludes halogenated alkanes) is 1. The number of fused-ring (bicyclic) bond motifs is 3. The summed E-state index contributed by atoms with van der Waals surface area (Å²) in [7, 11) is 0. The van der Waals surface area contributed by atoms with Crippen LogP contribution in [-0.2, 0) is 6.42 Å². The molecule has 0 fully saturated rings. The van der Waals surface area contributed by atoms with Crippen LogP contribution in [0.4, 0.5) is 10.2 Å². The van der Waals surface area contributed by atoms with Crippen LogP contribution >= 0.6 is 0 Å². The van der Waals surface area contributed by atoms with Crippen LogP contribution in [0, 0.1) is 5.95 Å². The van der Waals surface area contributed by atoms with Gasteiger partial charge in [-0.05, 0) is 36.2 Å². The summed E-state index contributed by atoms with van der Waals surface area (Å²) in [5.41, 5.74) is 9.54. The highest BCUT2D eigenvalue weighted by atomic mass is 19.1. The van der Waals surface area contributed by atoms with E-state index in [4.69, 9.17) is 10.7 Å². The number of H-pyrrole nitrogens is 1. The molecular weight excluding hydrogens is 317 g/mol. The summed E-state index contributed by atoms with van der Waals surface area (Å²) in [5, 5.41) is 0.899. The Bertz CT molecular complexity index is 1070. The number of aryl methyl sites for hydroxylation is 1. The van der Waals surface area contributed by atoms with Gasteiger partial charge in [0.2, 0.25) is 5.95 Å². The van der Waals surface area contributed by atoms with Crippen molar-refractivity contribution in [1.82, 2.24) is 19.9 Å². The fraction of sp³-hybridized carbons (Fsp3) is 0.211. The van der Waals surface area contributed by atoms with E-state index in [2.05, 4.69) is 21.9 Å². The molecule has 0 amide bonds. The number of halogens is 1. The molecule has 0 aliphatic carbocycles. The third-order valence-electron chi connectivity index (χ3n) is 4.34. The first-order chi connectivity index (χ1) is 12.2. The third-order valence-corrected chi connectivity index (χ3v) is 4.34. The highest BCUT2D eigenvalue weighted by Crippen LogP contribution is 2.30. The average Bonchev–Trinajstić information content (AvgIpc) is 3.05. The van der Waals surface area contributed by atoms with Gasteiger partial charge in [-0.2, -0.15) is 4.39 Å². The first kappa shape index (κ1) is 15.5. The average molecular weight is 335 g/mol. The number of pyridine rings is 2. The molecule has 0 bridgehead atoms. The van der Waals surface area contributed by atoms with Crippen LogP contribution in [0.25, 0.3) is 33.1 Å². The van der Waals surface area contributed by atoms with Crippen molar-refractivity contribution in [1.29, 1.82) is 0 Å². The highest BCUT2D eigenvalue weighted by molar-refractivity contribution is 6.07. The van der Waals surface area contributed by atoms with Crippen LogP contribution in [0.1, 0.15) is 25.6 Å². The lowest BCUT2D eigenvalue weighted by atomic mass is 10.0. The van der Waals surface area contributed by atoms with Gasteiger partial charge in [-0.1, -0.05) is 19.4 Å². The van der Waals surface area contributed by atoms with E-state index in [1.54, 1.807) is 12.1 Å². The van der Waals surface area contributed by atoms with Gasteiger partial charge in [0.15, 0.2) is 0 Å². The van der Waals surface area contributed by atoms with Crippen LogP contribution in [0.2, 0.25) is 0 Å². The van der Waals surface area contributed by atoms with Gasteiger partial charge >= 0.3 is 0 Å². The Morgan fingerprint density at radius 3 is 2.88 bits per heavy atom. The number of hydrogen-bond donors (Lipinski definition) is 2. The lowest BCUT2D eigenvalue weighted by molar-refractivity contribution is 0.587. The summed E-state index contributed by atoms with van der Waals surface area (Å²) in [6, 6.07) is 9.01. The van der Waals surface area contributed by atoms with Crippen molar-refractivity contribution in [3.8, 4) is 11.1 Å². The number of rotatable bonds is 4. The van der Waals surface area contributed by atoms with E-state index in [0.717, 1.165) is 41.5 Å². The second-order valence-electron chi connectivity index (χ2n) is 6.08. The maximum Gasteiger partial charge on any atom is 0.220 e. The Balaban J connectivity index is 1.89. The van der Waals surface area contributed by atoms with Gasteiger partial charge in [-0.15, -0.1) is 0 Å². The minimum atomic E-state index is -0.502. The maximum atomic E-state index is 14.0. The minimum Gasteiger partial charge on any atom is -0.382 e. The van der Waals surface area contributed by atoms with Crippen molar-refractivity contribution >= 4 is 27.8 Å². The summed E-state index contributed by atoms with van der Waals surface area (Å²) in [4.78, 5) is 16.2. The number of hydrogen-bond acceptors (Lipinski definition) is 4. The molecule has 1 aromatic carbocycles. The summed E-state index contributed by atoms with van der Waals surface area (Å²) >= 11 is 0. The third kappa shape index (κ3) is 2.69.